The highest BCUT2D eigenvalue weighted by atomic mass is 32.2. The highest BCUT2D eigenvalue weighted by Crippen LogP contribution is 2.34. The Labute approximate surface area is 181 Å². The minimum absolute atomic E-state index is 0.188. The van der Waals surface area contributed by atoms with Crippen LogP contribution in [0.2, 0.25) is 0 Å². The van der Waals surface area contributed by atoms with Gasteiger partial charge in [0.25, 0.3) is 0 Å². The van der Waals surface area contributed by atoms with E-state index in [0.29, 0.717) is 17.0 Å². The molecule has 0 spiro atoms. The lowest BCUT2D eigenvalue weighted by Gasteiger charge is -2.27. The Morgan fingerprint density at radius 3 is 2.67 bits per heavy atom. The van der Waals surface area contributed by atoms with E-state index in [1.54, 1.807) is 11.8 Å². The van der Waals surface area contributed by atoms with Crippen LogP contribution in [0.1, 0.15) is 46.7 Å². The largest absolute Gasteiger partial charge is 0.398 e. The van der Waals surface area contributed by atoms with Crippen molar-refractivity contribution in [3.05, 3.63) is 88.5 Å². The highest BCUT2D eigenvalue weighted by molar-refractivity contribution is 7.98. The molecule has 4 N–H and O–H groups in total. The smallest absolute Gasteiger partial charge is 0.0991 e. The minimum atomic E-state index is 0.188. The molecular formula is C25H24N4S. The van der Waals surface area contributed by atoms with E-state index in [1.165, 1.54) is 16.0 Å². The van der Waals surface area contributed by atoms with Crippen molar-refractivity contribution in [3.63, 3.8) is 0 Å². The van der Waals surface area contributed by atoms with Gasteiger partial charge in [-0.05, 0) is 79.1 Å². The van der Waals surface area contributed by atoms with Crippen LogP contribution in [0.4, 0.5) is 11.4 Å². The van der Waals surface area contributed by atoms with E-state index < -0.39 is 0 Å². The second-order valence-electron chi connectivity index (χ2n) is 7.52. The number of benzene rings is 3. The lowest BCUT2D eigenvalue weighted by molar-refractivity contribution is 0.600. The van der Waals surface area contributed by atoms with Crippen LogP contribution in [-0.4, -0.2) is 12.0 Å². The van der Waals surface area contributed by atoms with E-state index in [9.17, 15) is 5.26 Å². The molecule has 1 aliphatic rings. The van der Waals surface area contributed by atoms with Gasteiger partial charge in [-0.2, -0.15) is 5.26 Å². The second kappa shape index (κ2) is 8.64. The molecule has 1 aliphatic carbocycles. The zero-order chi connectivity index (χ0) is 21.1. The third-order valence-electron chi connectivity index (χ3n) is 5.63. The van der Waals surface area contributed by atoms with Crippen LogP contribution in [-0.2, 0) is 6.42 Å². The van der Waals surface area contributed by atoms with Crippen LogP contribution in [0.25, 0.3) is 0 Å². The number of rotatable bonds is 5. The van der Waals surface area contributed by atoms with Crippen LogP contribution < -0.4 is 11.1 Å². The van der Waals surface area contributed by atoms with Gasteiger partial charge in [-0.3, -0.25) is 5.41 Å². The summed E-state index contributed by atoms with van der Waals surface area (Å²) in [6, 6.07) is 22.2. The Balaban J connectivity index is 1.60. The summed E-state index contributed by atoms with van der Waals surface area (Å²) in [5.41, 5.74) is 13.0. The summed E-state index contributed by atoms with van der Waals surface area (Å²) in [6.45, 7) is 0. The van der Waals surface area contributed by atoms with E-state index in [2.05, 4.69) is 17.5 Å². The first-order valence-corrected chi connectivity index (χ1v) is 11.2. The summed E-state index contributed by atoms with van der Waals surface area (Å²) in [5.74, 6) is 0. The highest BCUT2D eigenvalue weighted by Gasteiger charge is 2.21. The molecule has 3 aromatic rings. The summed E-state index contributed by atoms with van der Waals surface area (Å²) in [6.07, 6.45) is 5.16. The summed E-state index contributed by atoms with van der Waals surface area (Å²) < 4.78 is 0. The topological polar surface area (TPSA) is 85.7 Å². The summed E-state index contributed by atoms with van der Waals surface area (Å²) in [7, 11) is 0. The Hall–Kier alpha value is -3.23. The SMILES string of the molecule is CSc1ccc(C(=N)c2cc(NC3CCCc4cc(C#N)ccc43)ccc2N)cc1. The van der Waals surface area contributed by atoms with Gasteiger partial charge in [0.1, 0.15) is 0 Å². The monoisotopic (exact) mass is 412 g/mol. The van der Waals surface area contributed by atoms with Crippen LogP contribution in [0.5, 0.6) is 0 Å². The van der Waals surface area contributed by atoms with Crippen molar-refractivity contribution in [2.75, 3.05) is 17.3 Å². The molecule has 0 fully saturated rings. The average molecular weight is 413 g/mol. The molecule has 30 heavy (non-hydrogen) atoms. The Kier molecular flexibility index (Phi) is 5.78. The minimum Gasteiger partial charge on any atom is -0.398 e. The number of anilines is 2. The summed E-state index contributed by atoms with van der Waals surface area (Å²) >= 11 is 1.68. The molecule has 1 atom stereocenters. The Morgan fingerprint density at radius 1 is 1.13 bits per heavy atom. The molecule has 0 saturated heterocycles. The van der Waals surface area contributed by atoms with E-state index in [0.717, 1.165) is 36.1 Å². The van der Waals surface area contributed by atoms with E-state index in [-0.39, 0.29) is 6.04 Å². The number of nitrogens with zero attached hydrogens (tertiary/aromatic N) is 1. The molecule has 0 heterocycles. The van der Waals surface area contributed by atoms with Gasteiger partial charge in [-0.25, -0.2) is 0 Å². The normalized spacial score (nSPS) is 15.1. The molecule has 1 unspecified atom stereocenters. The standard InChI is InChI=1S/C25H24N4S/c1-30-20-9-6-17(7-10-20)25(28)22-14-19(8-12-23(22)27)29-24-4-2-3-18-13-16(15-26)5-11-21(18)24/h5-14,24,28-29H,2-4,27H2,1H3. The van der Waals surface area contributed by atoms with Crippen molar-refractivity contribution in [3.8, 4) is 6.07 Å². The molecule has 4 rings (SSSR count). The molecule has 150 valence electrons. The van der Waals surface area contributed by atoms with E-state index >= 15 is 0 Å². The summed E-state index contributed by atoms with van der Waals surface area (Å²) in [5, 5.41) is 21.5. The molecule has 0 radical (unpaired) electrons. The quantitative estimate of drug-likeness (QED) is 0.282. The zero-order valence-corrected chi connectivity index (χ0v) is 17.7. The number of aryl methyl sites for hydroxylation is 1. The third-order valence-corrected chi connectivity index (χ3v) is 6.37. The van der Waals surface area contributed by atoms with Gasteiger partial charge in [-0.1, -0.05) is 18.2 Å². The van der Waals surface area contributed by atoms with Gasteiger partial charge in [0.15, 0.2) is 0 Å². The molecule has 0 aromatic heterocycles. The Bertz CT molecular complexity index is 1130. The molecule has 0 saturated carbocycles. The number of fused-ring (bicyclic) bond motifs is 1. The molecule has 0 aliphatic heterocycles. The maximum Gasteiger partial charge on any atom is 0.0991 e. The zero-order valence-electron chi connectivity index (χ0n) is 16.9. The fourth-order valence-electron chi connectivity index (χ4n) is 4.01. The van der Waals surface area contributed by atoms with Gasteiger partial charge in [0, 0.05) is 27.4 Å². The molecule has 0 amide bonds. The number of nitriles is 1. The number of thioether (sulfide) groups is 1. The first kappa shape index (κ1) is 20.1. The third kappa shape index (κ3) is 4.05. The fraction of sp³-hybridized carbons (Fsp3) is 0.200. The van der Waals surface area contributed by atoms with Crippen molar-refractivity contribution in [1.82, 2.24) is 0 Å². The van der Waals surface area contributed by atoms with Crippen LogP contribution in [0.3, 0.4) is 0 Å². The molecule has 5 heteroatoms. The van der Waals surface area contributed by atoms with Crippen LogP contribution >= 0.6 is 11.8 Å². The van der Waals surface area contributed by atoms with Crippen molar-refractivity contribution in [2.45, 2.75) is 30.2 Å². The van der Waals surface area contributed by atoms with E-state index in [1.807, 2.05) is 60.9 Å². The second-order valence-corrected chi connectivity index (χ2v) is 8.40. The average Bonchev–Trinajstić information content (AvgIpc) is 2.79. The number of nitrogen functional groups attached to an aromatic ring is 1. The van der Waals surface area contributed by atoms with Crippen molar-refractivity contribution in [2.24, 2.45) is 0 Å². The van der Waals surface area contributed by atoms with Crippen LogP contribution in [0.15, 0.2) is 65.6 Å². The molecule has 4 nitrogen and oxygen atoms in total. The number of hydrogen-bond donors (Lipinski definition) is 3. The predicted octanol–water partition coefficient (Wildman–Crippen LogP) is 5.77. The lowest BCUT2D eigenvalue weighted by atomic mass is 9.86. The van der Waals surface area contributed by atoms with Gasteiger partial charge in [-0.15, -0.1) is 11.8 Å². The molecule has 0 bridgehead atoms. The lowest BCUT2D eigenvalue weighted by Crippen LogP contribution is -2.18. The first-order valence-electron chi connectivity index (χ1n) is 10.0. The van der Waals surface area contributed by atoms with Gasteiger partial charge in [0.05, 0.1) is 23.4 Å². The van der Waals surface area contributed by atoms with Crippen LogP contribution in [0, 0.1) is 16.7 Å². The molecule has 3 aromatic carbocycles. The van der Waals surface area contributed by atoms with Gasteiger partial charge < -0.3 is 11.1 Å². The summed E-state index contributed by atoms with van der Waals surface area (Å²) in [4.78, 5) is 1.17. The maximum absolute atomic E-state index is 9.17. The number of nitrogens with one attached hydrogen (secondary N) is 2. The predicted molar refractivity (Wildman–Crippen MR) is 125 cm³/mol. The number of hydrogen-bond acceptors (Lipinski definition) is 5. The Morgan fingerprint density at radius 2 is 1.93 bits per heavy atom. The van der Waals surface area contributed by atoms with Crippen molar-refractivity contribution < 1.29 is 0 Å². The fourth-order valence-corrected chi connectivity index (χ4v) is 4.42. The van der Waals surface area contributed by atoms with E-state index in [4.69, 9.17) is 11.1 Å². The maximum atomic E-state index is 9.17. The molecular weight excluding hydrogens is 388 g/mol. The van der Waals surface area contributed by atoms with Crippen molar-refractivity contribution >= 4 is 28.8 Å². The van der Waals surface area contributed by atoms with Crippen molar-refractivity contribution in [1.29, 1.82) is 10.7 Å². The first-order chi connectivity index (χ1) is 14.6. The number of nitrogens with two attached hydrogens (primary N) is 1. The van der Waals surface area contributed by atoms with Gasteiger partial charge >= 0.3 is 0 Å². The van der Waals surface area contributed by atoms with Gasteiger partial charge in [0.2, 0.25) is 0 Å².